The van der Waals surface area contributed by atoms with Crippen molar-refractivity contribution in [3.05, 3.63) is 47.5 Å². The number of nitrogens with one attached hydrogen (secondary N) is 1. The van der Waals surface area contributed by atoms with Crippen LogP contribution < -0.4 is 5.32 Å². The maximum Gasteiger partial charge on any atom is 0.416 e. The van der Waals surface area contributed by atoms with Gasteiger partial charge in [-0.25, -0.2) is 4.21 Å². The van der Waals surface area contributed by atoms with E-state index >= 15 is 0 Å². The Morgan fingerprint density at radius 2 is 1.70 bits per heavy atom. The van der Waals surface area contributed by atoms with Crippen molar-refractivity contribution in [2.24, 2.45) is 0 Å². The summed E-state index contributed by atoms with van der Waals surface area (Å²) in [4.78, 5) is 0.990. The number of benzene rings is 2. The van der Waals surface area contributed by atoms with Crippen molar-refractivity contribution in [1.82, 2.24) is 0 Å². The molecule has 1 unspecified atom stereocenters. The van der Waals surface area contributed by atoms with Crippen molar-refractivity contribution < 1.29 is 17.4 Å². The first-order valence-corrected chi connectivity index (χ1v) is 8.58. The molecule has 122 valence electrons. The molecule has 3 rings (SSSR count). The standard InChI is InChI=1S/C17H16F3NOS/c1-2-3-4-11-5-7-15-13(9-11)21-14-10-12(17(18,19)20)6-8-16(14)23(15)22/h5-10,21H,2-4H2,1H3. The smallest absolute Gasteiger partial charge is 0.354 e. The summed E-state index contributed by atoms with van der Waals surface area (Å²) in [6.07, 6.45) is -1.42. The first-order chi connectivity index (χ1) is 10.9. The Morgan fingerprint density at radius 3 is 2.35 bits per heavy atom. The number of alkyl halides is 3. The minimum Gasteiger partial charge on any atom is -0.354 e. The molecular weight excluding hydrogens is 323 g/mol. The van der Waals surface area contributed by atoms with Crippen molar-refractivity contribution in [2.75, 3.05) is 5.32 Å². The number of hydrogen-bond donors (Lipinski definition) is 1. The van der Waals surface area contributed by atoms with Gasteiger partial charge < -0.3 is 5.32 Å². The molecule has 0 aromatic heterocycles. The molecule has 0 fully saturated rings. The fourth-order valence-electron chi connectivity index (χ4n) is 2.60. The molecule has 2 nitrogen and oxygen atoms in total. The van der Waals surface area contributed by atoms with E-state index in [1.54, 1.807) is 6.07 Å². The number of hydrogen-bond acceptors (Lipinski definition) is 2. The Morgan fingerprint density at radius 1 is 1.04 bits per heavy atom. The van der Waals surface area contributed by atoms with Gasteiger partial charge in [0, 0.05) is 0 Å². The largest absolute Gasteiger partial charge is 0.416 e. The molecule has 0 saturated carbocycles. The van der Waals surface area contributed by atoms with E-state index in [2.05, 4.69) is 12.2 Å². The monoisotopic (exact) mass is 339 g/mol. The summed E-state index contributed by atoms with van der Waals surface area (Å²) in [5.41, 5.74) is 1.24. The third-order valence-electron chi connectivity index (χ3n) is 3.84. The topological polar surface area (TPSA) is 29.1 Å². The van der Waals surface area contributed by atoms with Gasteiger partial charge in [0.15, 0.2) is 0 Å². The van der Waals surface area contributed by atoms with Crippen molar-refractivity contribution in [1.29, 1.82) is 0 Å². The predicted octanol–water partition coefficient (Wildman–Crippen LogP) is 5.27. The van der Waals surface area contributed by atoms with Gasteiger partial charge in [0.1, 0.15) is 0 Å². The van der Waals surface area contributed by atoms with E-state index in [0.717, 1.165) is 37.0 Å². The molecule has 0 spiro atoms. The van der Waals surface area contributed by atoms with Gasteiger partial charge >= 0.3 is 6.18 Å². The average Bonchev–Trinajstić information content (AvgIpc) is 2.51. The van der Waals surface area contributed by atoms with Gasteiger partial charge in [-0.3, -0.25) is 0 Å². The van der Waals surface area contributed by atoms with Crippen LogP contribution in [0, 0.1) is 0 Å². The number of rotatable bonds is 3. The molecule has 0 bridgehead atoms. The van der Waals surface area contributed by atoms with Crippen LogP contribution >= 0.6 is 0 Å². The summed E-state index contributed by atoms with van der Waals surface area (Å²) >= 11 is 0. The van der Waals surface area contributed by atoms with Gasteiger partial charge in [-0.2, -0.15) is 13.2 Å². The molecule has 0 aliphatic carbocycles. The lowest BCUT2D eigenvalue weighted by atomic mass is 10.1. The molecule has 1 atom stereocenters. The van der Waals surface area contributed by atoms with Crippen LogP contribution in [-0.2, 0) is 23.4 Å². The molecule has 0 amide bonds. The van der Waals surface area contributed by atoms with Gasteiger partial charge in [0.2, 0.25) is 0 Å². The van der Waals surface area contributed by atoms with E-state index in [0.29, 0.717) is 15.5 Å². The number of unbranched alkanes of at least 4 members (excludes halogenated alkanes) is 1. The molecule has 1 N–H and O–H groups in total. The van der Waals surface area contributed by atoms with Gasteiger partial charge in [-0.05, 0) is 48.7 Å². The molecule has 0 saturated heterocycles. The predicted molar refractivity (Wildman–Crippen MR) is 84.5 cm³/mol. The second-order valence-electron chi connectivity index (χ2n) is 5.54. The second-order valence-corrected chi connectivity index (χ2v) is 6.95. The summed E-state index contributed by atoms with van der Waals surface area (Å²) < 4.78 is 51.1. The van der Waals surface area contributed by atoms with Crippen molar-refractivity contribution >= 4 is 22.2 Å². The highest BCUT2D eigenvalue weighted by molar-refractivity contribution is 7.85. The van der Waals surface area contributed by atoms with E-state index in [4.69, 9.17) is 0 Å². The first kappa shape index (κ1) is 16.1. The molecule has 6 heteroatoms. The van der Waals surface area contributed by atoms with Gasteiger partial charge in [-0.15, -0.1) is 0 Å². The third kappa shape index (κ3) is 3.13. The fourth-order valence-corrected chi connectivity index (χ4v) is 3.84. The van der Waals surface area contributed by atoms with Crippen molar-refractivity contribution in [2.45, 2.75) is 42.2 Å². The van der Waals surface area contributed by atoms with Gasteiger partial charge in [0.05, 0.1) is 37.5 Å². The number of halogens is 3. The summed E-state index contributed by atoms with van der Waals surface area (Å²) in [7, 11) is -1.47. The van der Waals surface area contributed by atoms with Crippen LogP contribution in [0.25, 0.3) is 0 Å². The van der Waals surface area contributed by atoms with E-state index in [-0.39, 0.29) is 5.69 Å². The highest BCUT2D eigenvalue weighted by atomic mass is 32.2. The molecule has 2 aromatic rings. The fraction of sp³-hybridized carbons (Fsp3) is 0.294. The maximum absolute atomic E-state index is 12.9. The Labute approximate surface area is 135 Å². The molecule has 1 heterocycles. The molecule has 1 aliphatic rings. The van der Waals surface area contributed by atoms with Crippen LogP contribution in [-0.4, -0.2) is 4.21 Å². The van der Waals surface area contributed by atoms with E-state index < -0.39 is 22.5 Å². The normalized spacial score (nSPS) is 16.4. The molecule has 2 aromatic carbocycles. The van der Waals surface area contributed by atoms with Crippen LogP contribution in [0.1, 0.15) is 30.9 Å². The second kappa shape index (κ2) is 6.00. The summed E-state index contributed by atoms with van der Waals surface area (Å²) in [5, 5.41) is 3.01. The van der Waals surface area contributed by atoms with Crippen LogP contribution in [0.3, 0.4) is 0 Å². The SMILES string of the molecule is CCCCc1ccc2c(c1)Nc1cc(C(F)(F)F)ccc1S2=O. The molecule has 23 heavy (non-hydrogen) atoms. The molecular formula is C17H16F3NOS. The zero-order valence-corrected chi connectivity index (χ0v) is 13.4. The van der Waals surface area contributed by atoms with Crippen LogP contribution in [0.2, 0.25) is 0 Å². The van der Waals surface area contributed by atoms with Crippen LogP contribution in [0.15, 0.2) is 46.2 Å². The van der Waals surface area contributed by atoms with Gasteiger partial charge in [0.25, 0.3) is 0 Å². The van der Waals surface area contributed by atoms with E-state index in [9.17, 15) is 17.4 Å². The Kier molecular flexibility index (Phi) is 4.19. The lowest BCUT2D eigenvalue weighted by Crippen LogP contribution is -2.12. The molecule has 0 radical (unpaired) electrons. The van der Waals surface area contributed by atoms with Crippen molar-refractivity contribution in [3.8, 4) is 0 Å². The Balaban J connectivity index is 1.99. The lowest BCUT2D eigenvalue weighted by Gasteiger charge is -2.22. The van der Waals surface area contributed by atoms with Crippen molar-refractivity contribution in [3.63, 3.8) is 0 Å². The van der Waals surface area contributed by atoms with Crippen LogP contribution in [0.4, 0.5) is 24.5 Å². The average molecular weight is 339 g/mol. The van der Waals surface area contributed by atoms with Crippen LogP contribution in [0.5, 0.6) is 0 Å². The minimum atomic E-state index is -4.42. The maximum atomic E-state index is 12.9. The summed E-state index contributed by atoms with van der Waals surface area (Å²) in [6, 6.07) is 8.89. The minimum absolute atomic E-state index is 0.262. The Bertz CT molecular complexity index is 771. The summed E-state index contributed by atoms with van der Waals surface area (Å²) in [6.45, 7) is 2.10. The van der Waals surface area contributed by atoms with Gasteiger partial charge in [-0.1, -0.05) is 19.4 Å². The summed E-state index contributed by atoms with van der Waals surface area (Å²) in [5.74, 6) is 0. The number of anilines is 2. The lowest BCUT2D eigenvalue weighted by molar-refractivity contribution is -0.137. The number of aryl methyl sites for hydroxylation is 1. The van der Waals surface area contributed by atoms with E-state index in [1.165, 1.54) is 6.07 Å². The highest BCUT2D eigenvalue weighted by Crippen LogP contribution is 2.40. The van der Waals surface area contributed by atoms with E-state index in [1.807, 2.05) is 12.1 Å². The zero-order valence-electron chi connectivity index (χ0n) is 12.5. The zero-order chi connectivity index (χ0) is 16.6. The quantitative estimate of drug-likeness (QED) is 0.704. The Hall–Kier alpha value is -1.82. The third-order valence-corrected chi connectivity index (χ3v) is 5.35. The number of fused-ring (bicyclic) bond motifs is 2. The first-order valence-electron chi connectivity index (χ1n) is 7.43. The molecule has 1 aliphatic heterocycles. The highest BCUT2D eigenvalue weighted by Gasteiger charge is 2.32.